The van der Waals surface area contributed by atoms with Gasteiger partial charge in [0.25, 0.3) is 0 Å². The van der Waals surface area contributed by atoms with Gasteiger partial charge < -0.3 is 24.8 Å². The molecule has 0 unspecified atom stereocenters. The van der Waals surface area contributed by atoms with Gasteiger partial charge in [0.2, 0.25) is 0 Å². The molecule has 0 spiro atoms. The fourth-order valence-corrected chi connectivity index (χ4v) is 3.73. The van der Waals surface area contributed by atoms with Gasteiger partial charge in [-0.05, 0) is 56.2 Å². The second-order valence-corrected chi connectivity index (χ2v) is 7.59. The van der Waals surface area contributed by atoms with Crippen LogP contribution in [0.2, 0.25) is 5.02 Å². The van der Waals surface area contributed by atoms with E-state index >= 15 is 0 Å². The number of rotatable bonds is 11. The maximum absolute atomic E-state index is 6.37. The summed E-state index contributed by atoms with van der Waals surface area (Å²) in [4.78, 5) is 4.73. The van der Waals surface area contributed by atoms with E-state index in [1.807, 2.05) is 19.1 Å². The lowest BCUT2D eigenvalue weighted by Gasteiger charge is -2.42. The Balaban J connectivity index is 2.04. The zero-order valence-electron chi connectivity index (χ0n) is 17.6. The highest BCUT2D eigenvalue weighted by Gasteiger charge is 2.36. The summed E-state index contributed by atoms with van der Waals surface area (Å²) in [7, 11) is 3.38. The fraction of sp³-hybridized carbons (Fsp3) is 0.667. The third-order valence-electron chi connectivity index (χ3n) is 5.22. The number of guanidine groups is 1. The molecule has 0 aliphatic heterocycles. The van der Waals surface area contributed by atoms with Gasteiger partial charge in [-0.3, -0.25) is 0 Å². The first kappa shape index (κ1) is 22.6. The number of hydrogen-bond acceptors (Lipinski definition) is 4. The van der Waals surface area contributed by atoms with Gasteiger partial charge in [0, 0.05) is 26.8 Å². The number of ether oxygens (including phenoxy) is 3. The molecular weight excluding hydrogens is 378 g/mol. The van der Waals surface area contributed by atoms with E-state index in [0.29, 0.717) is 35.1 Å². The van der Waals surface area contributed by atoms with Crippen LogP contribution in [0.15, 0.2) is 17.1 Å². The Kier molecular flexibility index (Phi) is 9.19. The molecule has 6 nitrogen and oxygen atoms in total. The second-order valence-electron chi connectivity index (χ2n) is 7.19. The van der Waals surface area contributed by atoms with E-state index < -0.39 is 0 Å². The molecule has 0 atom stereocenters. The fourth-order valence-electron chi connectivity index (χ4n) is 3.44. The second kappa shape index (κ2) is 11.4. The molecule has 158 valence electrons. The van der Waals surface area contributed by atoms with Crippen LogP contribution in [0.4, 0.5) is 0 Å². The summed E-state index contributed by atoms with van der Waals surface area (Å²) in [6.45, 7) is 7.55. The van der Waals surface area contributed by atoms with Gasteiger partial charge in [-0.2, -0.15) is 0 Å². The molecule has 0 amide bonds. The zero-order chi connectivity index (χ0) is 20.4. The van der Waals surface area contributed by atoms with E-state index in [9.17, 15) is 0 Å². The number of benzene rings is 1. The average Bonchev–Trinajstić information content (AvgIpc) is 2.66. The van der Waals surface area contributed by atoms with Crippen LogP contribution in [-0.2, 0) is 11.3 Å². The molecule has 1 saturated carbocycles. The van der Waals surface area contributed by atoms with Crippen LogP contribution < -0.4 is 20.1 Å². The predicted molar refractivity (Wildman–Crippen MR) is 115 cm³/mol. The molecule has 0 aromatic heterocycles. The van der Waals surface area contributed by atoms with E-state index in [4.69, 9.17) is 30.8 Å². The Morgan fingerprint density at radius 3 is 2.57 bits per heavy atom. The lowest BCUT2D eigenvalue weighted by atomic mass is 9.67. The molecule has 2 rings (SSSR count). The number of methoxy groups -OCH3 is 2. The first-order chi connectivity index (χ1) is 13.6. The molecule has 1 aliphatic rings. The highest BCUT2D eigenvalue weighted by Crippen LogP contribution is 2.43. The Morgan fingerprint density at radius 2 is 2.00 bits per heavy atom. The maximum atomic E-state index is 6.37. The minimum Gasteiger partial charge on any atom is -0.493 e. The van der Waals surface area contributed by atoms with Gasteiger partial charge in [0.1, 0.15) is 0 Å². The average molecular weight is 412 g/mol. The maximum Gasteiger partial charge on any atom is 0.191 e. The van der Waals surface area contributed by atoms with Crippen molar-refractivity contribution in [2.75, 3.05) is 40.5 Å². The topological polar surface area (TPSA) is 64.1 Å². The molecule has 1 aliphatic carbocycles. The first-order valence-corrected chi connectivity index (χ1v) is 10.5. The van der Waals surface area contributed by atoms with Gasteiger partial charge in [-0.25, -0.2) is 4.99 Å². The summed E-state index contributed by atoms with van der Waals surface area (Å²) >= 11 is 6.37. The van der Waals surface area contributed by atoms with Crippen molar-refractivity contribution in [3.63, 3.8) is 0 Å². The molecule has 2 N–H and O–H groups in total. The van der Waals surface area contributed by atoms with Crippen LogP contribution in [0.5, 0.6) is 11.5 Å². The third-order valence-corrected chi connectivity index (χ3v) is 5.50. The molecule has 0 radical (unpaired) electrons. The largest absolute Gasteiger partial charge is 0.493 e. The van der Waals surface area contributed by atoms with Crippen LogP contribution in [0.25, 0.3) is 0 Å². The Morgan fingerprint density at radius 1 is 1.21 bits per heavy atom. The molecule has 0 heterocycles. The minimum atomic E-state index is 0.331. The van der Waals surface area contributed by atoms with Gasteiger partial charge in [-0.1, -0.05) is 18.0 Å². The third kappa shape index (κ3) is 6.17. The van der Waals surface area contributed by atoms with Crippen molar-refractivity contribution in [1.82, 2.24) is 10.6 Å². The monoisotopic (exact) mass is 411 g/mol. The quantitative estimate of drug-likeness (QED) is 0.425. The normalized spacial score (nSPS) is 15.7. The number of aliphatic imine (C=N–C) groups is 1. The van der Waals surface area contributed by atoms with Crippen LogP contribution in [-0.4, -0.2) is 46.5 Å². The summed E-state index contributed by atoms with van der Waals surface area (Å²) in [6.07, 6.45) is 4.87. The zero-order valence-corrected chi connectivity index (χ0v) is 18.3. The van der Waals surface area contributed by atoms with Crippen LogP contribution in [0.3, 0.4) is 0 Å². The summed E-state index contributed by atoms with van der Waals surface area (Å²) in [5.41, 5.74) is 1.30. The van der Waals surface area contributed by atoms with Crippen molar-refractivity contribution in [2.45, 2.75) is 46.1 Å². The molecular formula is C21H34ClN3O3. The van der Waals surface area contributed by atoms with E-state index in [2.05, 4.69) is 17.6 Å². The van der Waals surface area contributed by atoms with Crippen molar-refractivity contribution in [1.29, 1.82) is 0 Å². The Labute approximate surface area is 174 Å². The van der Waals surface area contributed by atoms with Crippen LogP contribution in [0.1, 0.15) is 45.1 Å². The Bertz CT molecular complexity index is 648. The number of nitrogens with one attached hydrogen (secondary N) is 2. The van der Waals surface area contributed by atoms with Crippen LogP contribution >= 0.6 is 11.6 Å². The summed E-state index contributed by atoms with van der Waals surface area (Å²) in [6, 6.07) is 3.81. The summed E-state index contributed by atoms with van der Waals surface area (Å²) < 4.78 is 16.3. The van der Waals surface area contributed by atoms with Gasteiger partial charge in [-0.15, -0.1) is 0 Å². The van der Waals surface area contributed by atoms with E-state index in [0.717, 1.165) is 37.6 Å². The van der Waals surface area contributed by atoms with Crippen molar-refractivity contribution in [3.05, 3.63) is 22.7 Å². The highest BCUT2D eigenvalue weighted by molar-refractivity contribution is 6.32. The van der Waals surface area contributed by atoms with Crippen molar-refractivity contribution in [3.8, 4) is 11.5 Å². The standard InChI is InChI=1S/C21H34ClN3O3/c1-5-23-20(25-15-21(8-7-9-21)10-11-26-3)24-14-16-12-17(22)19(28-6-2)18(13-16)27-4/h12-13H,5-11,14-15H2,1-4H3,(H2,23,24,25). The molecule has 1 fully saturated rings. The molecule has 7 heteroatoms. The van der Waals surface area contributed by atoms with Crippen molar-refractivity contribution < 1.29 is 14.2 Å². The molecule has 1 aromatic carbocycles. The van der Waals surface area contributed by atoms with Gasteiger partial charge in [0.05, 0.1) is 25.3 Å². The number of nitrogens with zero attached hydrogens (tertiary/aromatic N) is 1. The highest BCUT2D eigenvalue weighted by atomic mass is 35.5. The summed E-state index contributed by atoms with van der Waals surface area (Å²) in [5, 5.41) is 7.37. The number of halogens is 1. The Hall–Kier alpha value is -1.66. The minimum absolute atomic E-state index is 0.331. The lowest BCUT2D eigenvalue weighted by Crippen LogP contribution is -2.46. The van der Waals surface area contributed by atoms with Crippen LogP contribution in [0, 0.1) is 5.41 Å². The van der Waals surface area contributed by atoms with E-state index in [1.165, 1.54) is 19.3 Å². The summed E-state index contributed by atoms with van der Waals surface area (Å²) in [5.74, 6) is 2.02. The smallest absolute Gasteiger partial charge is 0.191 e. The molecule has 0 saturated heterocycles. The van der Waals surface area contributed by atoms with Crippen molar-refractivity contribution in [2.24, 2.45) is 10.4 Å². The van der Waals surface area contributed by atoms with Gasteiger partial charge in [0.15, 0.2) is 17.5 Å². The molecule has 0 bridgehead atoms. The van der Waals surface area contributed by atoms with E-state index in [-0.39, 0.29) is 0 Å². The lowest BCUT2D eigenvalue weighted by molar-refractivity contribution is 0.0732. The first-order valence-electron chi connectivity index (χ1n) is 10.1. The van der Waals surface area contributed by atoms with Gasteiger partial charge >= 0.3 is 0 Å². The van der Waals surface area contributed by atoms with Crippen molar-refractivity contribution >= 4 is 17.6 Å². The molecule has 28 heavy (non-hydrogen) atoms. The molecule has 1 aromatic rings. The predicted octanol–water partition coefficient (Wildman–Crippen LogP) is 4.01. The number of hydrogen-bond donors (Lipinski definition) is 2. The van der Waals surface area contributed by atoms with E-state index in [1.54, 1.807) is 14.2 Å². The SMILES string of the molecule is CCNC(=NCc1cc(Cl)c(OCC)c(OC)c1)NCC1(CCOC)CCC1.